The first kappa shape index (κ1) is 23.3. The zero-order valence-corrected chi connectivity index (χ0v) is 17.3. The fourth-order valence-electron chi connectivity index (χ4n) is 2.71. The number of H-pyrrole nitrogens is 1. The van der Waals surface area contributed by atoms with Crippen molar-refractivity contribution in [3.8, 4) is 17.0 Å². The number of sulfonamides is 1. The summed E-state index contributed by atoms with van der Waals surface area (Å²) in [6.07, 6.45) is -3.33. The molecule has 1 heterocycles. The molecule has 0 unspecified atom stereocenters. The molecule has 0 radical (unpaired) electrons. The van der Waals surface area contributed by atoms with Gasteiger partial charge in [0.1, 0.15) is 5.75 Å². The number of hydrogen-bond acceptors (Lipinski definition) is 5. The number of alkyl halides is 3. The summed E-state index contributed by atoms with van der Waals surface area (Å²) in [5.41, 5.74) is 2.68. The monoisotopic (exact) mass is 468 g/mol. The highest BCUT2D eigenvalue weighted by molar-refractivity contribution is 7.89. The minimum Gasteiger partial charge on any atom is -0.406 e. The van der Waals surface area contributed by atoms with Crippen LogP contribution in [0.2, 0.25) is 0 Å². The normalized spacial score (nSPS) is 11.8. The average Bonchev–Trinajstić information content (AvgIpc) is 3.27. The van der Waals surface area contributed by atoms with E-state index in [4.69, 9.17) is 0 Å². The van der Waals surface area contributed by atoms with Crippen LogP contribution >= 0.6 is 0 Å². The third-order valence-corrected chi connectivity index (χ3v) is 5.74. The molecule has 0 aliphatic rings. The molecule has 0 saturated heterocycles. The van der Waals surface area contributed by atoms with Gasteiger partial charge in [0, 0.05) is 25.7 Å². The van der Waals surface area contributed by atoms with Gasteiger partial charge >= 0.3 is 6.36 Å². The molecule has 0 bridgehead atoms. The lowest BCUT2D eigenvalue weighted by Crippen LogP contribution is -2.30. The molecule has 12 heteroatoms. The Labute approximate surface area is 181 Å². The van der Waals surface area contributed by atoms with Crippen molar-refractivity contribution < 1.29 is 31.1 Å². The number of nitrogens with one attached hydrogen (secondary N) is 3. The minimum absolute atomic E-state index is 0.110. The minimum atomic E-state index is -4.87. The number of aromatic amines is 1. The maximum absolute atomic E-state index is 12.2. The molecule has 0 spiro atoms. The van der Waals surface area contributed by atoms with Gasteiger partial charge in [-0.2, -0.15) is 5.10 Å². The molecule has 3 aromatic rings. The molecule has 3 rings (SSSR count). The van der Waals surface area contributed by atoms with E-state index in [-0.39, 0.29) is 30.3 Å². The van der Waals surface area contributed by atoms with Crippen LogP contribution in [0, 0.1) is 0 Å². The lowest BCUT2D eigenvalue weighted by atomic mass is 10.1. The highest BCUT2D eigenvalue weighted by Gasteiger charge is 2.31. The zero-order chi connectivity index (χ0) is 23.2. The summed E-state index contributed by atoms with van der Waals surface area (Å²) in [5, 5.41) is 9.43. The van der Waals surface area contributed by atoms with Crippen molar-refractivity contribution in [1.82, 2.24) is 20.2 Å². The Balaban J connectivity index is 1.43. The molecule has 3 N–H and O–H groups in total. The Bertz CT molecular complexity index is 1130. The van der Waals surface area contributed by atoms with E-state index < -0.39 is 22.1 Å². The van der Waals surface area contributed by atoms with Crippen LogP contribution in [0.15, 0.2) is 65.7 Å². The maximum atomic E-state index is 12.2. The van der Waals surface area contributed by atoms with Crippen LogP contribution in [0.1, 0.15) is 12.0 Å². The van der Waals surface area contributed by atoms with Crippen LogP contribution in [-0.4, -0.2) is 37.4 Å². The smallest absolute Gasteiger partial charge is 0.406 e. The fraction of sp³-hybridized carbons (Fsp3) is 0.200. The molecule has 2 aromatic carbocycles. The molecule has 0 aliphatic heterocycles. The van der Waals surface area contributed by atoms with E-state index in [0.29, 0.717) is 0 Å². The zero-order valence-electron chi connectivity index (χ0n) is 16.5. The van der Waals surface area contributed by atoms with E-state index in [2.05, 4.69) is 25.0 Å². The average molecular weight is 468 g/mol. The second kappa shape index (κ2) is 9.83. The molecule has 0 saturated carbocycles. The van der Waals surface area contributed by atoms with E-state index in [0.717, 1.165) is 41.1 Å². The molecule has 1 amide bonds. The maximum Gasteiger partial charge on any atom is 0.573 e. The lowest BCUT2D eigenvalue weighted by molar-refractivity contribution is -0.274. The Morgan fingerprint density at radius 3 is 2.31 bits per heavy atom. The van der Waals surface area contributed by atoms with Crippen LogP contribution < -0.4 is 14.8 Å². The van der Waals surface area contributed by atoms with Crippen molar-refractivity contribution in [2.45, 2.75) is 24.2 Å². The Kier molecular flexibility index (Phi) is 7.15. The quantitative estimate of drug-likeness (QED) is 0.447. The van der Waals surface area contributed by atoms with E-state index in [1.165, 1.54) is 0 Å². The predicted octanol–water partition coefficient (Wildman–Crippen LogP) is 2.96. The SMILES string of the molecule is O=C(CCNS(=O)(=O)c1ccc(OC(F)(F)F)cc1)NCc1ccc(-c2ccn[nH]2)cc1. The van der Waals surface area contributed by atoms with Crippen molar-refractivity contribution in [3.05, 3.63) is 66.4 Å². The van der Waals surface area contributed by atoms with E-state index in [9.17, 15) is 26.4 Å². The second-order valence-corrected chi connectivity index (χ2v) is 8.38. The van der Waals surface area contributed by atoms with Crippen molar-refractivity contribution in [2.24, 2.45) is 0 Å². The largest absolute Gasteiger partial charge is 0.573 e. The summed E-state index contributed by atoms with van der Waals surface area (Å²) in [5.74, 6) is -0.896. The summed E-state index contributed by atoms with van der Waals surface area (Å²) in [4.78, 5) is 11.7. The number of amides is 1. The molecular formula is C20H19F3N4O4S. The number of benzene rings is 2. The molecule has 8 nitrogen and oxygen atoms in total. The van der Waals surface area contributed by atoms with E-state index in [1.807, 2.05) is 30.3 Å². The Morgan fingerprint density at radius 1 is 1.03 bits per heavy atom. The predicted molar refractivity (Wildman–Crippen MR) is 109 cm³/mol. The molecule has 1 aromatic heterocycles. The second-order valence-electron chi connectivity index (χ2n) is 6.61. The summed E-state index contributed by atoms with van der Waals surface area (Å²) in [6, 6.07) is 13.1. The number of hydrogen-bond donors (Lipinski definition) is 3. The van der Waals surface area contributed by atoms with Crippen LogP contribution in [-0.2, 0) is 21.4 Å². The molecule has 0 fully saturated rings. The first-order valence-electron chi connectivity index (χ1n) is 9.33. The number of ether oxygens (including phenoxy) is 1. The number of rotatable bonds is 9. The summed E-state index contributed by atoms with van der Waals surface area (Å²) >= 11 is 0. The van der Waals surface area contributed by atoms with Gasteiger partial charge in [-0.3, -0.25) is 9.89 Å². The van der Waals surface area contributed by atoms with Crippen molar-refractivity contribution in [1.29, 1.82) is 0 Å². The molecule has 32 heavy (non-hydrogen) atoms. The van der Waals surface area contributed by atoms with Gasteiger partial charge in [-0.1, -0.05) is 24.3 Å². The molecule has 0 atom stereocenters. The van der Waals surface area contributed by atoms with Crippen LogP contribution in [0.5, 0.6) is 5.75 Å². The Morgan fingerprint density at radius 2 is 1.72 bits per heavy atom. The molecular weight excluding hydrogens is 449 g/mol. The van der Waals surface area contributed by atoms with Crippen molar-refractivity contribution in [3.63, 3.8) is 0 Å². The fourth-order valence-corrected chi connectivity index (χ4v) is 3.74. The summed E-state index contributed by atoms with van der Waals surface area (Å²) < 4.78 is 66.9. The van der Waals surface area contributed by atoms with Gasteiger partial charge in [0.25, 0.3) is 0 Å². The van der Waals surface area contributed by atoms with Crippen LogP contribution in [0.3, 0.4) is 0 Å². The first-order chi connectivity index (χ1) is 15.1. The van der Waals surface area contributed by atoms with Gasteiger partial charge in [0.2, 0.25) is 15.9 Å². The van der Waals surface area contributed by atoms with E-state index in [1.54, 1.807) is 6.20 Å². The van der Waals surface area contributed by atoms with Gasteiger partial charge in [-0.25, -0.2) is 13.1 Å². The van der Waals surface area contributed by atoms with Gasteiger partial charge in [-0.15, -0.1) is 13.2 Å². The number of halogens is 3. The molecule has 170 valence electrons. The third-order valence-electron chi connectivity index (χ3n) is 4.27. The number of carbonyl (C=O) groups is 1. The lowest BCUT2D eigenvalue weighted by Gasteiger charge is -2.10. The van der Waals surface area contributed by atoms with E-state index >= 15 is 0 Å². The van der Waals surface area contributed by atoms with Gasteiger partial charge in [0.05, 0.1) is 10.6 Å². The Hall–Kier alpha value is -3.38. The number of carbonyl (C=O) groups excluding carboxylic acids is 1. The van der Waals surface area contributed by atoms with Crippen molar-refractivity contribution in [2.75, 3.05) is 6.54 Å². The summed E-state index contributed by atoms with van der Waals surface area (Å²) in [7, 11) is -3.98. The van der Waals surface area contributed by atoms with Crippen LogP contribution in [0.25, 0.3) is 11.3 Å². The highest BCUT2D eigenvalue weighted by Crippen LogP contribution is 2.23. The number of nitrogens with zero attached hydrogens (tertiary/aromatic N) is 1. The highest BCUT2D eigenvalue weighted by atomic mass is 32.2. The van der Waals surface area contributed by atoms with Gasteiger partial charge in [0.15, 0.2) is 0 Å². The van der Waals surface area contributed by atoms with Crippen molar-refractivity contribution >= 4 is 15.9 Å². The van der Waals surface area contributed by atoms with Gasteiger partial charge in [-0.05, 0) is 41.5 Å². The first-order valence-corrected chi connectivity index (χ1v) is 10.8. The standard InChI is InChI=1S/C20H19F3N4O4S/c21-20(22,23)31-16-5-7-17(8-6-16)32(29,30)26-12-10-19(28)24-13-14-1-3-15(4-2-14)18-9-11-25-27-18/h1-9,11,26H,10,12-13H2,(H,24,28)(H,25,27). The summed E-state index contributed by atoms with van der Waals surface area (Å²) in [6.45, 7) is 0.100. The topological polar surface area (TPSA) is 113 Å². The third kappa shape index (κ3) is 6.82. The van der Waals surface area contributed by atoms with Gasteiger partial charge < -0.3 is 10.1 Å². The van der Waals surface area contributed by atoms with Crippen LogP contribution in [0.4, 0.5) is 13.2 Å². The molecule has 0 aliphatic carbocycles. The number of aromatic nitrogens is 2.